The molecule has 36 heavy (non-hydrogen) atoms. The molecule has 0 bridgehead atoms. The Labute approximate surface area is 202 Å². The summed E-state index contributed by atoms with van der Waals surface area (Å²) in [5, 5.41) is 0. The lowest BCUT2D eigenvalue weighted by Crippen LogP contribution is -2.51. The maximum atomic E-state index is 13.8. The number of Topliss-reactive ketones (excluding diaryl/α,β-unsaturated/α-hetero) is 2. The minimum atomic E-state index is -4.60. The first-order valence-electron chi connectivity index (χ1n) is 11.1. The molecule has 0 unspecified atom stereocenters. The van der Waals surface area contributed by atoms with Gasteiger partial charge in [-0.2, -0.15) is 13.2 Å². The molecular weight excluding hydrogens is 475 g/mol. The van der Waals surface area contributed by atoms with Gasteiger partial charge in [0.15, 0.2) is 0 Å². The number of carbonyl (C=O) groups excluding carboxylic acids is 4. The second-order valence-corrected chi connectivity index (χ2v) is 8.95. The molecule has 2 fully saturated rings. The van der Waals surface area contributed by atoms with Gasteiger partial charge in [-0.15, -0.1) is 0 Å². The largest absolute Gasteiger partial charge is 0.416 e. The van der Waals surface area contributed by atoms with Gasteiger partial charge in [-0.3, -0.25) is 19.2 Å². The van der Waals surface area contributed by atoms with Crippen LogP contribution in [0.5, 0.6) is 0 Å². The van der Waals surface area contributed by atoms with Crippen LogP contribution in [0.4, 0.5) is 18.9 Å². The zero-order chi connectivity index (χ0) is 25.4. The monoisotopic (exact) mass is 491 g/mol. The first-order valence-corrected chi connectivity index (χ1v) is 11.1. The Kier molecular flexibility index (Phi) is 4.62. The highest BCUT2D eigenvalue weighted by Gasteiger charge is 2.74. The lowest BCUT2D eigenvalue weighted by Gasteiger charge is -2.27. The molecule has 0 aromatic heterocycles. The van der Waals surface area contributed by atoms with E-state index < -0.39 is 58.7 Å². The number of amides is 2. The van der Waals surface area contributed by atoms with E-state index in [2.05, 4.69) is 0 Å². The van der Waals surface area contributed by atoms with Gasteiger partial charge in [0.05, 0.1) is 29.2 Å². The highest BCUT2D eigenvalue weighted by Crippen LogP contribution is 2.57. The third kappa shape index (κ3) is 2.83. The van der Waals surface area contributed by atoms with E-state index in [1.165, 1.54) is 12.1 Å². The fourth-order valence-corrected chi connectivity index (χ4v) is 5.51. The molecule has 0 radical (unpaired) electrons. The zero-order valence-electron chi connectivity index (χ0n) is 18.4. The lowest BCUT2D eigenvalue weighted by molar-refractivity contribution is -0.137. The third-order valence-electron chi connectivity index (χ3n) is 7.10. The van der Waals surface area contributed by atoms with Crippen LogP contribution in [0.3, 0.4) is 0 Å². The molecule has 6 rings (SSSR count). The molecule has 3 atom stereocenters. The highest BCUT2D eigenvalue weighted by atomic mass is 19.4. The molecule has 180 valence electrons. The summed E-state index contributed by atoms with van der Waals surface area (Å²) in [6, 6.07) is 18.1. The second kappa shape index (κ2) is 7.44. The molecule has 2 heterocycles. The summed E-state index contributed by atoms with van der Waals surface area (Å²) in [5.41, 5.74) is -2.56. The molecule has 3 aromatic carbocycles. The van der Waals surface area contributed by atoms with Gasteiger partial charge in [0.1, 0.15) is 0 Å². The molecular formula is C27H16F3NO5. The van der Waals surface area contributed by atoms with Crippen molar-refractivity contribution in [2.45, 2.75) is 17.9 Å². The Morgan fingerprint density at radius 2 is 1.28 bits per heavy atom. The van der Waals surface area contributed by atoms with Crippen molar-refractivity contribution in [2.75, 3.05) is 4.90 Å². The van der Waals surface area contributed by atoms with Crippen LogP contribution in [-0.2, 0) is 20.5 Å². The summed E-state index contributed by atoms with van der Waals surface area (Å²) in [6.45, 7) is 0. The number of ether oxygens (including phenoxy) is 1. The number of carbonyl (C=O) groups is 4. The number of fused-ring (bicyclic) bond motifs is 3. The smallest absolute Gasteiger partial charge is 0.349 e. The summed E-state index contributed by atoms with van der Waals surface area (Å²) in [5.74, 6) is -5.70. The van der Waals surface area contributed by atoms with E-state index in [4.69, 9.17) is 4.74 Å². The van der Waals surface area contributed by atoms with Crippen LogP contribution in [0.15, 0.2) is 78.9 Å². The number of hydrogen-bond acceptors (Lipinski definition) is 5. The number of hydrogen-bond donors (Lipinski definition) is 0. The topological polar surface area (TPSA) is 80.8 Å². The maximum Gasteiger partial charge on any atom is 0.416 e. The number of halogens is 3. The van der Waals surface area contributed by atoms with Gasteiger partial charge in [-0.1, -0.05) is 54.6 Å². The number of benzene rings is 3. The Morgan fingerprint density at radius 1 is 0.722 bits per heavy atom. The van der Waals surface area contributed by atoms with Crippen molar-refractivity contribution in [1.82, 2.24) is 0 Å². The Hall–Kier alpha value is -4.11. The van der Waals surface area contributed by atoms with E-state index in [0.29, 0.717) is 5.56 Å². The molecule has 9 heteroatoms. The minimum absolute atomic E-state index is 0.0789. The SMILES string of the molecule is O=C1[C@@H]2[C@@H](c3ccccc3)OC3(C(=O)c4ccccc4C3=O)[C@@H]2C(=O)N1c1ccc(C(F)(F)F)cc1. The Balaban J connectivity index is 1.50. The van der Waals surface area contributed by atoms with Gasteiger partial charge in [0.25, 0.3) is 0 Å². The van der Waals surface area contributed by atoms with Crippen molar-refractivity contribution in [1.29, 1.82) is 0 Å². The molecule has 2 amide bonds. The third-order valence-corrected chi connectivity index (χ3v) is 7.10. The summed E-state index contributed by atoms with van der Waals surface area (Å²) >= 11 is 0. The molecule has 2 saturated heterocycles. The number of nitrogens with zero attached hydrogens (tertiary/aromatic N) is 1. The van der Waals surface area contributed by atoms with Gasteiger partial charge in [-0.25, -0.2) is 4.90 Å². The number of alkyl halides is 3. The van der Waals surface area contributed by atoms with Crippen LogP contribution < -0.4 is 4.90 Å². The van der Waals surface area contributed by atoms with Gasteiger partial charge in [0, 0.05) is 11.1 Å². The van der Waals surface area contributed by atoms with E-state index in [-0.39, 0.29) is 16.8 Å². The van der Waals surface area contributed by atoms with Gasteiger partial charge >= 0.3 is 6.18 Å². The predicted molar refractivity (Wildman–Crippen MR) is 119 cm³/mol. The summed E-state index contributed by atoms with van der Waals surface area (Å²) < 4.78 is 45.3. The lowest BCUT2D eigenvalue weighted by atomic mass is 9.77. The van der Waals surface area contributed by atoms with E-state index in [9.17, 15) is 32.3 Å². The molecule has 1 aliphatic carbocycles. The van der Waals surface area contributed by atoms with Crippen LogP contribution in [-0.4, -0.2) is 29.0 Å². The van der Waals surface area contributed by atoms with Crippen molar-refractivity contribution in [3.8, 4) is 0 Å². The molecule has 0 N–H and O–H groups in total. The van der Waals surface area contributed by atoms with Crippen molar-refractivity contribution >= 4 is 29.1 Å². The zero-order valence-corrected chi connectivity index (χ0v) is 18.4. The van der Waals surface area contributed by atoms with Crippen LogP contribution in [0, 0.1) is 11.8 Å². The summed E-state index contributed by atoms with van der Waals surface area (Å²) in [7, 11) is 0. The van der Waals surface area contributed by atoms with Crippen molar-refractivity contribution < 1.29 is 37.1 Å². The number of ketones is 2. The Morgan fingerprint density at radius 3 is 1.83 bits per heavy atom. The van der Waals surface area contributed by atoms with Gasteiger partial charge < -0.3 is 4.74 Å². The maximum absolute atomic E-state index is 13.8. The molecule has 6 nitrogen and oxygen atoms in total. The number of anilines is 1. The number of imide groups is 1. The molecule has 0 saturated carbocycles. The summed E-state index contributed by atoms with van der Waals surface area (Å²) in [6.07, 6.45) is -5.69. The molecule has 3 aromatic rings. The van der Waals surface area contributed by atoms with Crippen LogP contribution >= 0.6 is 0 Å². The Bertz CT molecular complexity index is 1410. The normalized spacial score (nSPS) is 24.5. The first kappa shape index (κ1) is 22.4. The average molecular weight is 491 g/mol. The summed E-state index contributed by atoms with van der Waals surface area (Å²) in [4.78, 5) is 55.5. The molecule has 2 aliphatic heterocycles. The first-order chi connectivity index (χ1) is 17.2. The van der Waals surface area contributed by atoms with Crippen molar-refractivity contribution in [3.05, 3.63) is 101 Å². The van der Waals surface area contributed by atoms with Gasteiger partial charge in [0.2, 0.25) is 29.0 Å². The standard InChI is InChI=1S/C27H16F3NO5/c28-27(29,30)15-10-12-16(13-11-15)31-24(34)19-20(25(31)35)26(36-21(19)14-6-2-1-3-7-14)22(32)17-8-4-5-9-18(17)23(26)33/h1-13,19-21H/t19-,20-,21+/m0/s1. The van der Waals surface area contributed by atoms with Gasteiger partial charge in [-0.05, 0) is 29.8 Å². The predicted octanol–water partition coefficient (Wildman–Crippen LogP) is 4.40. The van der Waals surface area contributed by atoms with E-state index in [1.54, 1.807) is 42.5 Å². The highest BCUT2D eigenvalue weighted by molar-refractivity contribution is 6.37. The van der Waals surface area contributed by atoms with Crippen molar-refractivity contribution in [3.63, 3.8) is 0 Å². The second-order valence-electron chi connectivity index (χ2n) is 8.95. The van der Waals surface area contributed by atoms with Crippen LogP contribution in [0.1, 0.15) is 37.9 Å². The van der Waals surface area contributed by atoms with E-state index in [1.807, 2.05) is 0 Å². The van der Waals surface area contributed by atoms with Crippen molar-refractivity contribution in [2.24, 2.45) is 11.8 Å². The van der Waals surface area contributed by atoms with E-state index in [0.717, 1.165) is 29.2 Å². The van der Waals surface area contributed by atoms with Crippen LogP contribution in [0.25, 0.3) is 0 Å². The minimum Gasteiger partial charge on any atom is -0.349 e. The van der Waals surface area contributed by atoms with E-state index >= 15 is 0 Å². The quantitative estimate of drug-likeness (QED) is 0.392. The molecule has 1 spiro atoms. The molecule has 3 aliphatic rings. The fraction of sp³-hybridized carbons (Fsp3) is 0.185. The van der Waals surface area contributed by atoms with Crippen LogP contribution in [0.2, 0.25) is 0 Å². The average Bonchev–Trinajstić information content (AvgIpc) is 3.44. The fourth-order valence-electron chi connectivity index (χ4n) is 5.51. The number of rotatable bonds is 2.